The number of hydrogen-bond acceptors (Lipinski definition) is 17. The number of cyclic esters (lactones) is 1. The van der Waals surface area contributed by atoms with Gasteiger partial charge in [-0.25, -0.2) is 4.79 Å². The summed E-state index contributed by atoms with van der Waals surface area (Å²) in [4.78, 5) is 61.5. The summed E-state index contributed by atoms with van der Waals surface area (Å²) in [7, 11) is 7.40. The molecule has 5 aliphatic rings. The third-order valence-corrected chi connectivity index (χ3v) is 18.1. The zero-order valence-electron chi connectivity index (χ0n) is 46.2. The number of ether oxygens (including phenoxy) is 7. The topological polar surface area (TPSA) is 215 Å². The number of benzene rings is 1. The Hall–Kier alpha value is -2.95. The normalized spacial score (nSPS) is 43.0. The van der Waals surface area contributed by atoms with Crippen molar-refractivity contribution in [2.45, 2.75) is 228 Å². The van der Waals surface area contributed by atoms with Crippen LogP contribution in [0.3, 0.4) is 0 Å². The summed E-state index contributed by atoms with van der Waals surface area (Å²) >= 11 is 1.43. The van der Waals surface area contributed by atoms with Crippen molar-refractivity contribution in [1.82, 2.24) is 20.0 Å². The molecule has 3 unspecified atom stereocenters. The van der Waals surface area contributed by atoms with E-state index in [1.54, 1.807) is 34.6 Å². The van der Waals surface area contributed by atoms with Gasteiger partial charge in [-0.15, -0.1) is 11.8 Å². The maximum atomic E-state index is 14.6. The lowest BCUT2D eigenvalue weighted by molar-refractivity contribution is -0.310. The van der Waals surface area contributed by atoms with Crippen LogP contribution in [-0.2, 0) is 58.8 Å². The molecule has 1 aromatic rings. The van der Waals surface area contributed by atoms with E-state index in [1.807, 2.05) is 97.9 Å². The van der Waals surface area contributed by atoms with Crippen LogP contribution in [0.4, 0.5) is 0 Å². The average molecular weight is 1050 g/mol. The number of thioether (sulfide) groups is 1. The number of fused-ring (bicyclic) bond motifs is 1. The molecule has 1 aromatic carbocycles. The molecule has 0 aliphatic carbocycles. The number of nitrogens with one attached hydrogen (secondary N) is 1. The number of esters is 2. The molecular weight excluding hydrogens is 961 g/mol. The van der Waals surface area contributed by atoms with Crippen molar-refractivity contribution in [1.29, 1.82) is 0 Å². The zero-order chi connectivity index (χ0) is 54.3. The molecule has 20 atom stereocenters. The summed E-state index contributed by atoms with van der Waals surface area (Å²) in [5.41, 5.74) is -3.77. The van der Waals surface area contributed by atoms with Gasteiger partial charge in [0.2, 0.25) is 11.8 Å². The number of nitrogens with zero attached hydrogens (tertiary/aromatic N) is 3. The van der Waals surface area contributed by atoms with Gasteiger partial charge in [-0.3, -0.25) is 14.4 Å². The van der Waals surface area contributed by atoms with E-state index in [9.17, 15) is 34.5 Å². The van der Waals surface area contributed by atoms with Crippen LogP contribution in [0.15, 0.2) is 30.3 Å². The number of aliphatic hydroxyl groups is 3. The first-order valence-electron chi connectivity index (χ1n) is 26.4. The Morgan fingerprint density at radius 1 is 0.918 bits per heavy atom. The van der Waals surface area contributed by atoms with Gasteiger partial charge in [0.25, 0.3) is 0 Å². The van der Waals surface area contributed by atoms with Crippen molar-refractivity contribution in [2.75, 3.05) is 34.8 Å². The van der Waals surface area contributed by atoms with Crippen molar-refractivity contribution in [3.8, 4) is 0 Å². The average Bonchev–Trinajstić information content (AvgIpc) is 3.57. The Balaban J connectivity index is 1.27. The first kappa shape index (κ1) is 59.3. The molecule has 0 saturated carbocycles. The summed E-state index contributed by atoms with van der Waals surface area (Å²) in [6.07, 6.45) is -6.26. The minimum Gasteiger partial charge on any atom is -0.459 e. The lowest BCUT2D eigenvalue weighted by atomic mass is 9.77. The second kappa shape index (κ2) is 23.3. The molecule has 6 rings (SSSR count). The molecule has 5 heterocycles. The van der Waals surface area contributed by atoms with Crippen LogP contribution < -0.4 is 5.32 Å². The number of carbonyl (C=O) groups excluding carboxylic acids is 4. The van der Waals surface area contributed by atoms with Crippen LogP contribution in [0.2, 0.25) is 0 Å². The summed E-state index contributed by atoms with van der Waals surface area (Å²) in [5.74, 6) is -3.94. The third-order valence-electron chi connectivity index (χ3n) is 16.5. The van der Waals surface area contributed by atoms with Gasteiger partial charge in [0.1, 0.15) is 40.9 Å². The van der Waals surface area contributed by atoms with E-state index < -0.39 is 118 Å². The molecule has 414 valence electrons. The van der Waals surface area contributed by atoms with Crippen molar-refractivity contribution in [2.24, 2.45) is 17.8 Å². The number of aliphatic hydroxyl groups excluding tert-OH is 1. The van der Waals surface area contributed by atoms with Crippen molar-refractivity contribution in [3.05, 3.63) is 35.9 Å². The Morgan fingerprint density at radius 2 is 1.58 bits per heavy atom. The fourth-order valence-electron chi connectivity index (χ4n) is 12.2. The van der Waals surface area contributed by atoms with Crippen LogP contribution in [0.25, 0.3) is 0 Å². The first-order valence-corrected chi connectivity index (χ1v) is 27.2. The molecule has 19 heteroatoms. The van der Waals surface area contributed by atoms with E-state index in [2.05, 4.69) is 10.2 Å². The van der Waals surface area contributed by atoms with E-state index in [0.29, 0.717) is 13.0 Å². The summed E-state index contributed by atoms with van der Waals surface area (Å²) in [5, 5.41) is 38.9. The SMILES string of the molecule is CC[C@H]1OC(=O)[C@H](C)[C@@H](O[C@H]2C[C@@](C)(OC)[C@@H](OC(=O)C3N4C(=O)C(NC(=O)Cc5ccccc5)C4SC3(C)C)[C@H](C)O2)[C@H](C)[C@@H](O[C@H]2C[C@@H](N(C)C)C[C@@H](C)O2)[C@](C)(O)C[C@@H](C)CN(C)[C@H](C)[C@@H](O)[C@]1(C)O. The number of β-lactam (4-membered cyclic amide) rings is 1. The lowest BCUT2D eigenvalue weighted by Crippen LogP contribution is -2.71. The minimum absolute atomic E-state index is 0.0236. The standard InChI is InChI=1S/C54H88N4O14S/c1-17-37-54(12,65)44(60)33(6)57(15)28-29(2)26-52(10,64)45(71-39-25-36(56(13)14)23-30(3)67-39)31(4)42(32(5)49(62)69-37)70-40-27-53(11,66-16)46(34(7)68-40)72-50(63)43-51(8,9)73-48-41(47(61)58(43)48)55-38(59)24-35-21-19-18-20-22-35/h18-22,29-34,36-37,39-46,48,60,64-65H,17,23-28H2,1-16H3,(H,55,59)/t29-,30-,31+,32-,33-,34+,36+,37-,39+,40+,41?,42+,43?,44-,45-,46+,48?,52-,53-,54-/m1/s1. The molecule has 5 aliphatic heterocycles. The molecule has 73 heavy (non-hydrogen) atoms. The highest BCUT2D eigenvalue weighted by Crippen LogP contribution is 2.52. The summed E-state index contributed by atoms with van der Waals surface area (Å²) in [6, 6.07) is 7.08. The second-order valence-corrected chi connectivity index (χ2v) is 25.2. The third kappa shape index (κ3) is 12.9. The van der Waals surface area contributed by atoms with Crippen LogP contribution in [0.1, 0.15) is 121 Å². The quantitative estimate of drug-likeness (QED) is 0.170. The maximum absolute atomic E-state index is 14.6. The molecule has 18 nitrogen and oxygen atoms in total. The number of rotatable bonds is 12. The van der Waals surface area contributed by atoms with Crippen LogP contribution in [-0.4, -0.2) is 195 Å². The van der Waals surface area contributed by atoms with Crippen LogP contribution in [0, 0.1) is 17.8 Å². The van der Waals surface area contributed by atoms with Gasteiger partial charge in [0.05, 0.1) is 42.4 Å². The van der Waals surface area contributed by atoms with Crippen molar-refractivity contribution >= 4 is 35.5 Å². The van der Waals surface area contributed by atoms with Gasteiger partial charge in [-0.05, 0) is 114 Å². The van der Waals surface area contributed by atoms with E-state index >= 15 is 0 Å². The van der Waals surface area contributed by atoms with Gasteiger partial charge >= 0.3 is 11.9 Å². The van der Waals surface area contributed by atoms with E-state index in [1.165, 1.54) is 30.7 Å². The zero-order valence-corrected chi connectivity index (χ0v) is 47.1. The fraction of sp³-hybridized carbons (Fsp3) is 0.815. The number of carbonyl (C=O) groups is 4. The van der Waals surface area contributed by atoms with E-state index in [-0.39, 0.29) is 55.6 Å². The number of amides is 2. The van der Waals surface area contributed by atoms with Gasteiger partial charge in [-0.2, -0.15) is 0 Å². The van der Waals surface area contributed by atoms with Gasteiger partial charge in [0.15, 0.2) is 18.7 Å². The summed E-state index contributed by atoms with van der Waals surface area (Å²) in [6.45, 7) is 22.1. The molecule has 0 aromatic heterocycles. The van der Waals surface area contributed by atoms with Crippen molar-refractivity contribution in [3.63, 3.8) is 0 Å². The second-order valence-electron chi connectivity index (χ2n) is 23.4. The smallest absolute Gasteiger partial charge is 0.330 e. The van der Waals surface area contributed by atoms with E-state index in [4.69, 9.17) is 33.2 Å². The molecule has 4 N–H and O–H groups in total. The highest BCUT2D eigenvalue weighted by molar-refractivity contribution is 8.01. The molecular formula is C54H88N4O14S. The minimum atomic E-state index is -1.84. The molecule has 5 saturated heterocycles. The fourth-order valence-corrected chi connectivity index (χ4v) is 13.8. The first-order chi connectivity index (χ1) is 34.0. The Labute approximate surface area is 438 Å². The maximum Gasteiger partial charge on any atom is 0.330 e. The predicted molar refractivity (Wildman–Crippen MR) is 275 cm³/mol. The summed E-state index contributed by atoms with van der Waals surface area (Å²) < 4.78 is 45.0. The Bertz CT molecular complexity index is 2060. The largest absolute Gasteiger partial charge is 0.459 e. The highest BCUT2D eigenvalue weighted by atomic mass is 32.2. The van der Waals surface area contributed by atoms with Crippen molar-refractivity contribution < 1.29 is 67.7 Å². The predicted octanol–water partition coefficient (Wildman–Crippen LogP) is 4.27. The van der Waals surface area contributed by atoms with Gasteiger partial charge in [-0.1, -0.05) is 51.1 Å². The number of methoxy groups -OCH3 is 1. The molecule has 0 spiro atoms. The van der Waals surface area contributed by atoms with Gasteiger partial charge in [0, 0.05) is 49.2 Å². The molecule has 2 amide bonds. The highest BCUT2D eigenvalue weighted by Gasteiger charge is 2.65. The van der Waals surface area contributed by atoms with Crippen LogP contribution in [0.5, 0.6) is 0 Å². The van der Waals surface area contributed by atoms with Crippen LogP contribution >= 0.6 is 11.8 Å². The van der Waals surface area contributed by atoms with E-state index in [0.717, 1.165) is 12.0 Å². The number of hydrogen-bond donors (Lipinski definition) is 4. The Kier molecular flexibility index (Phi) is 19.0. The molecule has 5 fully saturated rings. The lowest BCUT2D eigenvalue weighted by Gasteiger charge is -2.49. The van der Waals surface area contributed by atoms with Gasteiger partial charge < -0.3 is 68.5 Å². The molecule has 0 bridgehead atoms. The molecule has 0 radical (unpaired) electrons. The monoisotopic (exact) mass is 1050 g/mol. The Morgan fingerprint density at radius 3 is 2.19 bits per heavy atom. The number of likely N-dealkylation sites (N-methyl/N-ethyl adjacent to an activating group) is 1.